The van der Waals surface area contributed by atoms with Crippen LogP contribution in [0, 0.1) is 0 Å². The van der Waals surface area contributed by atoms with Crippen molar-refractivity contribution in [1.82, 2.24) is 0 Å². The first kappa shape index (κ1) is 13.1. The third kappa shape index (κ3) is 3.34. The van der Waals surface area contributed by atoms with Gasteiger partial charge in [-0.25, -0.2) is 0 Å². The van der Waals surface area contributed by atoms with Crippen LogP contribution in [-0.4, -0.2) is 12.2 Å². The molecule has 18 heavy (non-hydrogen) atoms. The summed E-state index contributed by atoms with van der Waals surface area (Å²) in [4.78, 5) is 11.9. The third-order valence-electron chi connectivity index (χ3n) is 2.50. The van der Waals surface area contributed by atoms with Gasteiger partial charge in [-0.15, -0.1) is 22.9 Å². The Kier molecular flexibility index (Phi) is 4.79. The average Bonchev–Trinajstić information content (AvgIpc) is 2.92. The van der Waals surface area contributed by atoms with E-state index in [1.807, 2.05) is 29.6 Å². The van der Waals surface area contributed by atoms with Crippen LogP contribution in [0.3, 0.4) is 0 Å². The lowest BCUT2D eigenvalue weighted by atomic mass is 10.2. The highest BCUT2D eigenvalue weighted by Gasteiger charge is 2.14. The zero-order valence-electron chi connectivity index (χ0n) is 9.71. The molecule has 94 valence electrons. The minimum Gasteiger partial charge on any atom is -0.485 e. The van der Waals surface area contributed by atoms with Gasteiger partial charge < -0.3 is 4.74 Å². The second kappa shape index (κ2) is 6.57. The molecule has 0 saturated carbocycles. The molecule has 2 nitrogen and oxygen atoms in total. The summed E-state index contributed by atoms with van der Waals surface area (Å²) in [5.74, 6) is 1.23. The predicted octanol–water partition coefficient (Wildman–Crippen LogP) is 4.31. The molecule has 0 bridgehead atoms. The van der Waals surface area contributed by atoms with Crippen molar-refractivity contribution in [2.45, 2.75) is 12.5 Å². The van der Waals surface area contributed by atoms with E-state index in [9.17, 15) is 4.79 Å². The Morgan fingerprint density at radius 3 is 2.89 bits per heavy atom. The normalized spacial score (nSPS) is 12.1. The molecule has 2 rings (SSSR count). The van der Waals surface area contributed by atoms with E-state index in [1.165, 1.54) is 0 Å². The van der Waals surface area contributed by atoms with E-state index in [4.69, 9.17) is 16.3 Å². The number of thiophene rings is 1. The Labute approximate surface area is 115 Å². The van der Waals surface area contributed by atoms with Crippen molar-refractivity contribution in [2.75, 3.05) is 5.88 Å². The number of ether oxygens (including phenoxy) is 1. The second-order valence-corrected chi connectivity index (χ2v) is 5.15. The van der Waals surface area contributed by atoms with Gasteiger partial charge in [0.25, 0.3) is 0 Å². The minimum atomic E-state index is -0.0515. The molecule has 1 atom stereocenters. The Morgan fingerprint density at radius 1 is 1.33 bits per heavy atom. The summed E-state index contributed by atoms with van der Waals surface area (Å²) in [6, 6.07) is 11.2. The van der Waals surface area contributed by atoms with Gasteiger partial charge in [0, 0.05) is 22.7 Å². The second-order valence-electron chi connectivity index (χ2n) is 3.79. The van der Waals surface area contributed by atoms with Crippen LogP contribution in [0.5, 0.6) is 5.75 Å². The molecule has 0 N–H and O–H groups in total. The van der Waals surface area contributed by atoms with E-state index in [0.717, 1.165) is 17.6 Å². The number of alkyl halides is 1. The number of hydrogen-bond donors (Lipinski definition) is 0. The molecule has 0 spiro atoms. The fourth-order valence-electron chi connectivity index (χ4n) is 1.66. The lowest BCUT2D eigenvalue weighted by molar-refractivity contribution is 0.112. The maximum Gasteiger partial charge on any atom is 0.150 e. The molecule has 0 amide bonds. The van der Waals surface area contributed by atoms with E-state index in [2.05, 4.69) is 0 Å². The Bertz CT molecular complexity index is 496. The van der Waals surface area contributed by atoms with Gasteiger partial charge >= 0.3 is 0 Å². The molecular formula is C14H13ClO2S. The van der Waals surface area contributed by atoms with Gasteiger partial charge in [0.05, 0.1) is 0 Å². The molecule has 4 heteroatoms. The van der Waals surface area contributed by atoms with Crippen molar-refractivity contribution in [3.05, 3.63) is 52.2 Å². The monoisotopic (exact) mass is 280 g/mol. The van der Waals surface area contributed by atoms with Gasteiger partial charge in [-0.3, -0.25) is 4.79 Å². The van der Waals surface area contributed by atoms with E-state index in [0.29, 0.717) is 17.2 Å². The van der Waals surface area contributed by atoms with Crippen molar-refractivity contribution < 1.29 is 9.53 Å². The van der Waals surface area contributed by atoms with Gasteiger partial charge in [-0.2, -0.15) is 0 Å². The van der Waals surface area contributed by atoms with Crippen molar-refractivity contribution in [2.24, 2.45) is 0 Å². The third-order valence-corrected chi connectivity index (χ3v) is 3.69. The summed E-state index contributed by atoms with van der Waals surface area (Å²) in [6.45, 7) is 0. The van der Waals surface area contributed by atoms with Crippen molar-refractivity contribution in [3.8, 4) is 5.75 Å². The fourth-order valence-corrected chi connectivity index (χ4v) is 2.65. The van der Waals surface area contributed by atoms with Crippen LogP contribution in [0.1, 0.15) is 27.8 Å². The summed E-state index contributed by atoms with van der Waals surface area (Å²) < 4.78 is 5.91. The number of carbonyl (C=O) groups excluding carboxylic acids is 1. The van der Waals surface area contributed by atoms with Gasteiger partial charge in [-0.05, 0) is 23.6 Å². The van der Waals surface area contributed by atoms with Crippen molar-refractivity contribution >= 4 is 29.2 Å². The average molecular weight is 281 g/mol. The number of halogens is 1. The largest absolute Gasteiger partial charge is 0.485 e. The molecule has 1 aromatic heterocycles. The first-order valence-electron chi connectivity index (χ1n) is 5.64. The highest BCUT2D eigenvalue weighted by atomic mass is 35.5. The standard InChI is InChI=1S/C14H13ClO2S/c15-7-6-13(14-5-2-8-18-14)17-12-4-1-3-11(9-12)10-16/h1-5,8-10,13H,6-7H2. The maximum atomic E-state index is 10.7. The van der Waals surface area contributed by atoms with Crippen LogP contribution in [0.2, 0.25) is 0 Å². The number of aldehydes is 1. The molecule has 0 aliphatic heterocycles. The summed E-state index contributed by atoms with van der Waals surface area (Å²) in [6.07, 6.45) is 1.51. The van der Waals surface area contributed by atoms with Crippen LogP contribution in [0.15, 0.2) is 41.8 Å². The minimum absolute atomic E-state index is 0.0515. The van der Waals surface area contributed by atoms with Crippen LogP contribution in [0.25, 0.3) is 0 Å². The summed E-state index contributed by atoms with van der Waals surface area (Å²) in [5, 5.41) is 2.02. The van der Waals surface area contributed by atoms with Crippen LogP contribution in [0.4, 0.5) is 0 Å². The van der Waals surface area contributed by atoms with E-state index >= 15 is 0 Å². The van der Waals surface area contributed by atoms with E-state index in [1.54, 1.807) is 23.5 Å². The fraction of sp³-hybridized carbons (Fsp3) is 0.214. The molecule has 0 aliphatic rings. The van der Waals surface area contributed by atoms with Crippen LogP contribution < -0.4 is 4.74 Å². The van der Waals surface area contributed by atoms with Crippen molar-refractivity contribution in [1.29, 1.82) is 0 Å². The molecular weight excluding hydrogens is 268 g/mol. The summed E-state index contributed by atoms with van der Waals surface area (Å²) >= 11 is 7.45. The molecule has 0 fully saturated rings. The zero-order valence-corrected chi connectivity index (χ0v) is 11.3. The number of hydrogen-bond acceptors (Lipinski definition) is 3. The van der Waals surface area contributed by atoms with Gasteiger partial charge in [-0.1, -0.05) is 18.2 Å². The number of carbonyl (C=O) groups is 1. The summed E-state index contributed by atoms with van der Waals surface area (Å²) in [7, 11) is 0. The van der Waals surface area contributed by atoms with Gasteiger partial charge in [0.15, 0.2) is 0 Å². The molecule has 0 aliphatic carbocycles. The van der Waals surface area contributed by atoms with Gasteiger partial charge in [0.1, 0.15) is 18.1 Å². The van der Waals surface area contributed by atoms with E-state index in [-0.39, 0.29) is 6.10 Å². The molecule has 0 saturated heterocycles. The number of benzene rings is 1. The smallest absolute Gasteiger partial charge is 0.150 e. The lowest BCUT2D eigenvalue weighted by Crippen LogP contribution is -2.07. The quantitative estimate of drug-likeness (QED) is 0.582. The molecule has 2 aromatic rings. The Morgan fingerprint density at radius 2 is 2.22 bits per heavy atom. The highest BCUT2D eigenvalue weighted by molar-refractivity contribution is 7.10. The maximum absolute atomic E-state index is 10.7. The molecule has 0 radical (unpaired) electrons. The molecule has 1 aromatic carbocycles. The lowest BCUT2D eigenvalue weighted by Gasteiger charge is -2.17. The SMILES string of the molecule is O=Cc1cccc(OC(CCCl)c2cccs2)c1. The number of rotatable bonds is 6. The van der Waals surface area contributed by atoms with Crippen LogP contribution in [-0.2, 0) is 0 Å². The van der Waals surface area contributed by atoms with Crippen molar-refractivity contribution in [3.63, 3.8) is 0 Å². The zero-order chi connectivity index (χ0) is 12.8. The Hall–Kier alpha value is -1.32. The first-order chi connectivity index (χ1) is 8.83. The van der Waals surface area contributed by atoms with Gasteiger partial charge in [0.2, 0.25) is 0 Å². The van der Waals surface area contributed by atoms with E-state index < -0.39 is 0 Å². The van der Waals surface area contributed by atoms with Crippen LogP contribution >= 0.6 is 22.9 Å². The highest BCUT2D eigenvalue weighted by Crippen LogP contribution is 2.28. The predicted molar refractivity (Wildman–Crippen MR) is 74.9 cm³/mol. The summed E-state index contributed by atoms with van der Waals surface area (Å²) in [5.41, 5.74) is 0.614. The first-order valence-corrected chi connectivity index (χ1v) is 7.06. The molecule has 1 unspecified atom stereocenters. The topological polar surface area (TPSA) is 26.3 Å². The molecule has 1 heterocycles. The Balaban J connectivity index is 2.15.